The van der Waals surface area contributed by atoms with E-state index >= 15 is 0 Å². The lowest BCUT2D eigenvalue weighted by molar-refractivity contribution is -0.120. The predicted molar refractivity (Wildman–Crippen MR) is 139 cm³/mol. The molecule has 3 atom stereocenters. The van der Waals surface area contributed by atoms with E-state index in [-0.39, 0.29) is 5.91 Å². The molecule has 0 aromatic heterocycles. The van der Waals surface area contributed by atoms with Gasteiger partial charge in [-0.1, -0.05) is 123 Å². The van der Waals surface area contributed by atoms with Gasteiger partial charge >= 0.3 is 0 Å². The van der Waals surface area contributed by atoms with E-state index in [4.69, 9.17) is 4.74 Å². The van der Waals surface area contributed by atoms with Gasteiger partial charge in [-0.2, -0.15) is 0 Å². The number of rotatable bonds is 21. The third-order valence-corrected chi connectivity index (χ3v) is 7.36. The van der Waals surface area contributed by atoms with Gasteiger partial charge in [-0.15, -0.1) is 0 Å². The van der Waals surface area contributed by atoms with Crippen LogP contribution >= 0.6 is 0 Å². The van der Waals surface area contributed by atoms with Crippen LogP contribution in [0, 0.1) is 5.92 Å². The maximum Gasteiger partial charge on any atom is 0.217 e. The van der Waals surface area contributed by atoms with Gasteiger partial charge in [0.15, 0.2) is 0 Å². The molecule has 1 aliphatic carbocycles. The van der Waals surface area contributed by atoms with E-state index in [1.54, 1.807) is 6.92 Å². The predicted octanol–water partition coefficient (Wildman–Crippen LogP) is 8.74. The molecule has 3 unspecified atom stereocenters. The summed E-state index contributed by atoms with van der Waals surface area (Å²) in [4.78, 5) is 11.3. The van der Waals surface area contributed by atoms with Gasteiger partial charge in [0.05, 0.1) is 6.10 Å². The molecule has 1 fully saturated rings. The summed E-state index contributed by atoms with van der Waals surface area (Å²) in [5.41, 5.74) is 0. The molecular formula is C29H57NO2. The van der Waals surface area contributed by atoms with Gasteiger partial charge < -0.3 is 10.1 Å². The highest BCUT2D eigenvalue weighted by molar-refractivity contribution is 5.73. The third-order valence-electron chi connectivity index (χ3n) is 7.36. The summed E-state index contributed by atoms with van der Waals surface area (Å²) in [6.45, 7) is 7.07. The quantitative estimate of drug-likeness (QED) is 0.177. The Balaban J connectivity index is 1.76. The van der Waals surface area contributed by atoms with Crippen LogP contribution in [0.2, 0.25) is 0 Å². The van der Waals surface area contributed by atoms with Gasteiger partial charge in [0, 0.05) is 19.6 Å². The molecule has 190 valence electrons. The standard InChI is InChI=1S/C29H57NO2/c1-4-5-6-7-8-9-10-11-12-13-14-15-16-17-18-19-20-21-24-32-28-22-23-29(26(2)25-28)30-27(3)31/h26,28-29H,4-25H2,1-3H3,(H,30,31). The fourth-order valence-corrected chi connectivity index (χ4v) is 5.23. The Kier molecular flexibility index (Phi) is 19.3. The van der Waals surface area contributed by atoms with Crippen molar-refractivity contribution in [3.05, 3.63) is 0 Å². The molecule has 0 heterocycles. The third kappa shape index (κ3) is 17.0. The Bertz CT molecular complexity index is 425. The van der Waals surface area contributed by atoms with Gasteiger partial charge in [0.25, 0.3) is 0 Å². The van der Waals surface area contributed by atoms with E-state index in [0.29, 0.717) is 18.1 Å². The van der Waals surface area contributed by atoms with E-state index in [0.717, 1.165) is 25.9 Å². The van der Waals surface area contributed by atoms with E-state index in [2.05, 4.69) is 19.2 Å². The van der Waals surface area contributed by atoms with Gasteiger partial charge in [0.2, 0.25) is 5.91 Å². The van der Waals surface area contributed by atoms with Crippen molar-refractivity contribution in [3.8, 4) is 0 Å². The van der Waals surface area contributed by atoms with Crippen LogP contribution in [-0.2, 0) is 9.53 Å². The van der Waals surface area contributed by atoms with Crippen molar-refractivity contribution in [1.29, 1.82) is 0 Å². The molecule has 3 heteroatoms. The van der Waals surface area contributed by atoms with E-state index in [1.165, 1.54) is 116 Å². The topological polar surface area (TPSA) is 38.3 Å². The minimum Gasteiger partial charge on any atom is -0.378 e. The maximum atomic E-state index is 11.3. The monoisotopic (exact) mass is 451 g/mol. The molecule has 3 nitrogen and oxygen atoms in total. The lowest BCUT2D eigenvalue weighted by atomic mass is 9.84. The average Bonchev–Trinajstić information content (AvgIpc) is 2.77. The highest BCUT2D eigenvalue weighted by Crippen LogP contribution is 2.26. The summed E-state index contributed by atoms with van der Waals surface area (Å²) >= 11 is 0. The number of nitrogens with one attached hydrogen (secondary N) is 1. The maximum absolute atomic E-state index is 11.3. The van der Waals surface area contributed by atoms with Crippen LogP contribution in [0.15, 0.2) is 0 Å². The van der Waals surface area contributed by atoms with Gasteiger partial charge in [-0.05, 0) is 31.6 Å². The Hall–Kier alpha value is -0.570. The van der Waals surface area contributed by atoms with Crippen LogP contribution < -0.4 is 5.32 Å². The number of hydrogen-bond acceptors (Lipinski definition) is 2. The number of hydrogen-bond donors (Lipinski definition) is 1. The summed E-state index contributed by atoms with van der Waals surface area (Å²) in [6.07, 6.45) is 29.2. The molecule has 32 heavy (non-hydrogen) atoms. The second-order valence-electron chi connectivity index (χ2n) is 10.6. The molecule has 1 saturated carbocycles. The Morgan fingerprint density at radius 2 is 1.16 bits per heavy atom. The molecule has 0 aromatic rings. The van der Waals surface area contributed by atoms with Crippen molar-refractivity contribution in [2.75, 3.05) is 6.61 Å². The Morgan fingerprint density at radius 3 is 1.56 bits per heavy atom. The number of ether oxygens (including phenoxy) is 1. The molecule has 1 N–H and O–H groups in total. The minimum absolute atomic E-state index is 0.0972. The summed E-state index contributed by atoms with van der Waals surface area (Å²) in [5.74, 6) is 0.623. The first kappa shape index (κ1) is 29.5. The van der Waals surface area contributed by atoms with Gasteiger partial charge in [0.1, 0.15) is 0 Å². The molecule has 0 spiro atoms. The summed E-state index contributed by atoms with van der Waals surface area (Å²) in [6, 6.07) is 0.345. The second-order valence-corrected chi connectivity index (χ2v) is 10.6. The molecule has 0 radical (unpaired) electrons. The lowest BCUT2D eigenvalue weighted by Crippen LogP contribution is -2.43. The molecule has 0 aromatic carbocycles. The van der Waals surface area contributed by atoms with E-state index in [9.17, 15) is 4.79 Å². The number of carbonyl (C=O) groups excluding carboxylic acids is 1. The first-order chi connectivity index (χ1) is 15.6. The van der Waals surface area contributed by atoms with Crippen LogP contribution in [-0.4, -0.2) is 24.7 Å². The fourth-order valence-electron chi connectivity index (χ4n) is 5.23. The minimum atomic E-state index is 0.0972. The fraction of sp³-hybridized carbons (Fsp3) is 0.966. The Labute approximate surface area is 201 Å². The van der Waals surface area contributed by atoms with Crippen LogP contribution in [0.5, 0.6) is 0 Å². The first-order valence-corrected chi connectivity index (χ1v) is 14.5. The SMILES string of the molecule is CCCCCCCCCCCCCCCCCCCCOC1CCC(NC(C)=O)C(C)C1. The molecule has 1 aliphatic rings. The van der Waals surface area contributed by atoms with E-state index in [1.807, 2.05) is 0 Å². The summed E-state index contributed by atoms with van der Waals surface area (Å²) in [7, 11) is 0. The first-order valence-electron chi connectivity index (χ1n) is 14.5. The van der Waals surface area contributed by atoms with Crippen molar-refractivity contribution in [2.45, 2.75) is 168 Å². The van der Waals surface area contributed by atoms with Crippen LogP contribution in [0.25, 0.3) is 0 Å². The van der Waals surface area contributed by atoms with Crippen LogP contribution in [0.1, 0.15) is 156 Å². The van der Waals surface area contributed by atoms with Crippen molar-refractivity contribution >= 4 is 5.91 Å². The van der Waals surface area contributed by atoms with Gasteiger partial charge in [-0.25, -0.2) is 0 Å². The van der Waals surface area contributed by atoms with Crippen LogP contribution in [0.4, 0.5) is 0 Å². The molecule has 0 bridgehead atoms. The highest BCUT2D eigenvalue weighted by Gasteiger charge is 2.28. The van der Waals surface area contributed by atoms with Crippen molar-refractivity contribution in [3.63, 3.8) is 0 Å². The molecule has 1 rings (SSSR count). The summed E-state index contributed by atoms with van der Waals surface area (Å²) in [5, 5.41) is 3.09. The summed E-state index contributed by atoms with van der Waals surface area (Å²) < 4.78 is 6.12. The molecular weight excluding hydrogens is 394 g/mol. The van der Waals surface area contributed by atoms with Crippen LogP contribution in [0.3, 0.4) is 0 Å². The smallest absolute Gasteiger partial charge is 0.217 e. The number of carbonyl (C=O) groups is 1. The van der Waals surface area contributed by atoms with E-state index < -0.39 is 0 Å². The second kappa shape index (κ2) is 21.0. The zero-order valence-corrected chi connectivity index (χ0v) is 22.1. The zero-order valence-electron chi connectivity index (χ0n) is 22.1. The molecule has 0 aliphatic heterocycles. The molecule has 1 amide bonds. The van der Waals surface area contributed by atoms with Crippen molar-refractivity contribution in [2.24, 2.45) is 5.92 Å². The van der Waals surface area contributed by atoms with Gasteiger partial charge in [-0.3, -0.25) is 4.79 Å². The Morgan fingerprint density at radius 1 is 0.719 bits per heavy atom. The number of amides is 1. The average molecular weight is 452 g/mol. The highest BCUT2D eigenvalue weighted by atomic mass is 16.5. The lowest BCUT2D eigenvalue weighted by Gasteiger charge is -2.34. The zero-order chi connectivity index (χ0) is 23.3. The number of unbranched alkanes of at least 4 members (excludes halogenated alkanes) is 17. The van der Waals surface area contributed by atoms with Crippen molar-refractivity contribution in [1.82, 2.24) is 5.32 Å². The largest absolute Gasteiger partial charge is 0.378 e. The van der Waals surface area contributed by atoms with Crippen molar-refractivity contribution < 1.29 is 9.53 Å². The molecule has 0 saturated heterocycles. The normalized spacial score (nSPS) is 21.0.